The third-order valence-corrected chi connectivity index (χ3v) is 8.48. The minimum Gasteiger partial charge on any atom is -0.394 e. The molecule has 2 heterocycles. The lowest BCUT2D eigenvalue weighted by Gasteiger charge is -2.34. The predicted octanol–water partition coefficient (Wildman–Crippen LogP) is 3.90. The second kappa shape index (κ2) is 10.9. The highest BCUT2D eigenvalue weighted by molar-refractivity contribution is 7.91. The molecule has 10 heteroatoms. The Hall–Kier alpha value is -3.01. The Bertz CT molecular complexity index is 1330. The monoisotopic (exact) mass is 528 g/mol. The van der Waals surface area contributed by atoms with Crippen LogP contribution in [0.25, 0.3) is 0 Å². The number of carbonyl (C=O) groups excluding carboxylic acids is 1. The number of benzene rings is 2. The van der Waals surface area contributed by atoms with Crippen LogP contribution in [0.4, 0.5) is 5.95 Å². The van der Waals surface area contributed by atoms with Gasteiger partial charge in [-0.15, -0.1) is 0 Å². The summed E-state index contributed by atoms with van der Waals surface area (Å²) in [5.74, 6) is 0.543. The number of aliphatic hydroxyl groups is 1. The summed E-state index contributed by atoms with van der Waals surface area (Å²) in [6.07, 6.45) is 4.08. The highest BCUT2D eigenvalue weighted by atomic mass is 35.5. The van der Waals surface area contributed by atoms with Crippen LogP contribution in [-0.4, -0.2) is 48.3 Å². The summed E-state index contributed by atoms with van der Waals surface area (Å²) in [5, 5.41) is 13.3. The number of fused-ring (bicyclic) bond motifs is 1. The first-order chi connectivity index (χ1) is 17.2. The maximum Gasteiger partial charge on any atom is 0.251 e. The van der Waals surface area contributed by atoms with Gasteiger partial charge in [0.2, 0.25) is 5.95 Å². The zero-order chi connectivity index (χ0) is 25.9. The molecule has 2 aromatic carbocycles. The minimum atomic E-state index is -3.33. The Morgan fingerprint density at radius 3 is 2.47 bits per heavy atom. The van der Waals surface area contributed by atoms with Crippen molar-refractivity contribution in [1.29, 1.82) is 0 Å². The smallest absolute Gasteiger partial charge is 0.251 e. The van der Waals surface area contributed by atoms with Crippen molar-refractivity contribution in [3.63, 3.8) is 0 Å². The Labute approximate surface area is 216 Å². The van der Waals surface area contributed by atoms with Gasteiger partial charge in [-0.1, -0.05) is 43.6 Å². The van der Waals surface area contributed by atoms with Gasteiger partial charge in [-0.05, 0) is 47.4 Å². The van der Waals surface area contributed by atoms with Crippen molar-refractivity contribution < 1.29 is 18.3 Å². The van der Waals surface area contributed by atoms with E-state index in [0.29, 0.717) is 28.6 Å². The summed E-state index contributed by atoms with van der Waals surface area (Å²) in [4.78, 5) is 24.1. The lowest BCUT2D eigenvalue weighted by molar-refractivity contribution is 0.0916. The summed E-state index contributed by atoms with van der Waals surface area (Å²) in [6.45, 7) is 4.72. The summed E-state index contributed by atoms with van der Waals surface area (Å²) in [7, 11) is -3.33. The molecule has 1 aliphatic heterocycles. The first-order valence-corrected chi connectivity index (χ1v) is 13.9. The third kappa shape index (κ3) is 5.53. The molecule has 0 fully saturated rings. The third-order valence-electron chi connectivity index (χ3n) is 6.54. The molecule has 0 saturated heterocycles. The SMILES string of the molecule is CCC1CN(c2ncc(Cl)cn2)Cc2cc(C(=O)NC(CO)c3ccc(S(=O)(=O)CC)cc3)ccc21. The number of aromatic nitrogens is 2. The van der Waals surface area contributed by atoms with E-state index >= 15 is 0 Å². The molecule has 2 atom stereocenters. The van der Waals surface area contributed by atoms with Gasteiger partial charge in [0, 0.05) is 24.6 Å². The summed E-state index contributed by atoms with van der Waals surface area (Å²) in [6, 6.07) is 11.2. The Morgan fingerprint density at radius 1 is 1.17 bits per heavy atom. The van der Waals surface area contributed by atoms with Gasteiger partial charge in [-0.2, -0.15) is 0 Å². The van der Waals surface area contributed by atoms with Gasteiger partial charge >= 0.3 is 0 Å². The van der Waals surface area contributed by atoms with Crippen LogP contribution in [0.5, 0.6) is 0 Å². The molecular formula is C26H29ClN4O4S. The topological polar surface area (TPSA) is 112 Å². The number of hydrogen-bond donors (Lipinski definition) is 2. The molecule has 2 N–H and O–H groups in total. The largest absolute Gasteiger partial charge is 0.394 e. The fourth-order valence-electron chi connectivity index (χ4n) is 4.44. The highest BCUT2D eigenvalue weighted by Gasteiger charge is 2.27. The van der Waals surface area contributed by atoms with E-state index < -0.39 is 15.9 Å². The van der Waals surface area contributed by atoms with Crippen molar-refractivity contribution in [2.24, 2.45) is 0 Å². The van der Waals surface area contributed by atoms with Crippen molar-refractivity contribution >= 4 is 33.3 Å². The molecule has 0 spiro atoms. The minimum absolute atomic E-state index is 0.00526. The molecule has 4 rings (SSSR count). The molecule has 8 nitrogen and oxygen atoms in total. The lowest BCUT2D eigenvalue weighted by atomic mass is 9.87. The molecule has 0 bridgehead atoms. The molecule has 0 radical (unpaired) electrons. The van der Waals surface area contributed by atoms with E-state index in [1.54, 1.807) is 37.5 Å². The molecule has 36 heavy (non-hydrogen) atoms. The second-order valence-electron chi connectivity index (χ2n) is 8.78. The summed E-state index contributed by atoms with van der Waals surface area (Å²) >= 11 is 5.94. The van der Waals surface area contributed by atoms with Crippen LogP contribution in [0.15, 0.2) is 59.8 Å². The quantitative estimate of drug-likeness (QED) is 0.456. The van der Waals surface area contributed by atoms with Crippen molar-refractivity contribution in [3.8, 4) is 0 Å². The predicted molar refractivity (Wildman–Crippen MR) is 139 cm³/mol. The van der Waals surface area contributed by atoms with Crippen LogP contribution in [0, 0.1) is 0 Å². The number of nitrogens with one attached hydrogen (secondary N) is 1. The standard InChI is InChI=1S/C26H29ClN4O4S/c1-3-17-14-31(26-28-12-21(27)13-29-26)15-20-11-19(7-10-23(17)20)25(33)30-24(16-32)18-5-8-22(9-6-18)36(34,35)4-2/h5-13,17,24,32H,3-4,14-16H2,1-2H3,(H,30,33). The number of anilines is 1. The molecule has 190 valence electrons. The molecular weight excluding hydrogens is 500 g/mol. The average Bonchev–Trinajstić information content (AvgIpc) is 2.91. The van der Waals surface area contributed by atoms with Gasteiger partial charge in [-0.3, -0.25) is 4.79 Å². The molecule has 0 aliphatic carbocycles. The zero-order valence-corrected chi connectivity index (χ0v) is 21.8. The molecule has 0 saturated carbocycles. The van der Waals surface area contributed by atoms with Crippen molar-refractivity contribution in [3.05, 3.63) is 82.1 Å². The maximum absolute atomic E-state index is 13.1. The number of sulfone groups is 1. The maximum atomic E-state index is 13.1. The van der Waals surface area contributed by atoms with E-state index in [1.165, 1.54) is 17.7 Å². The van der Waals surface area contributed by atoms with Crippen LogP contribution in [0.2, 0.25) is 5.02 Å². The van der Waals surface area contributed by atoms with Crippen molar-refractivity contribution in [2.45, 2.75) is 43.7 Å². The van der Waals surface area contributed by atoms with E-state index in [9.17, 15) is 18.3 Å². The van der Waals surface area contributed by atoms with Gasteiger partial charge in [0.1, 0.15) is 0 Å². The second-order valence-corrected chi connectivity index (χ2v) is 11.5. The number of nitrogens with zero attached hydrogens (tertiary/aromatic N) is 3. The van der Waals surface area contributed by atoms with Gasteiger partial charge < -0.3 is 15.3 Å². The van der Waals surface area contributed by atoms with Crippen LogP contribution < -0.4 is 10.2 Å². The highest BCUT2D eigenvalue weighted by Crippen LogP contribution is 2.33. The first-order valence-electron chi connectivity index (χ1n) is 11.9. The normalized spacial score (nSPS) is 16.3. The number of halogens is 1. The number of amides is 1. The Kier molecular flexibility index (Phi) is 7.92. The molecule has 1 amide bonds. The number of aliphatic hydroxyl groups excluding tert-OH is 1. The van der Waals surface area contributed by atoms with Crippen LogP contribution in [-0.2, 0) is 16.4 Å². The van der Waals surface area contributed by atoms with E-state index in [2.05, 4.69) is 27.1 Å². The van der Waals surface area contributed by atoms with Crippen LogP contribution in [0.3, 0.4) is 0 Å². The molecule has 2 unspecified atom stereocenters. The summed E-state index contributed by atoms with van der Waals surface area (Å²) < 4.78 is 24.1. The lowest BCUT2D eigenvalue weighted by Crippen LogP contribution is -2.35. The fraction of sp³-hybridized carbons (Fsp3) is 0.346. The fourth-order valence-corrected chi connectivity index (χ4v) is 5.42. The summed E-state index contributed by atoms with van der Waals surface area (Å²) in [5.41, 5.74) is 3.32. The van der Waals surface area contributed by atoms with Crippen molar-refractivity contribution in [2.75, 3.05) is 23.8 Å². The van der Waals surface area contributed by atoms with Crippen LogP contribution in [0.1, 0.15) is 59.3 Å². The van der Waals surface area contributed by atoms with Crippen molar-refractivity contribution in [1.82, 2.24) is 15.3 Å². The van der Waals surface area contributed by atoms with Crippen LogP contribution >= 0.6 is 11.6 Å². The van der Waals surface area contributed by atoms with E-state index in [0.717, 1.165) is 18.5 Å². The number of carbonyl (C=O) groups is 1. The molecule has 3 aromatic rings. The van der Waals surface area contributed by atoms with Gasteiger partial charge in [-0.25, -0.2) is 18.4 Å². The Morgan fingerprint density at radius 2 is 1.86 bits per heavy atom. The molecule has 1 aliphatic rings. The van der Waals surface area contributed by atoms with Gasteiger partial charge in [0.05, 0.1) is 40.7 Å². The van der Waals surface area contributed by atoms with Gasteiger partial charge in [0.25, 0.3) is 5.91 Å². The van der Waals surface area contributed by atoms with E-state index in [4.69, 9.17) is 11.6 Å². The van der Waals surface area contributed by atoms with E-state index in [1.807, 2.05) is 12.1 Å². The first kappa shape index (κ1) is 26.1. The number of rotatable bonds is 8. The Balaban J connectivity index is 1.54. The molecule has 1 aromatic heterocycles. The zero-order valence-electron chi connectivity index (χ0n) is 20.2. The number of hydrogen-bond acceptors (Lipinski definition) is 7. The van der Waals surface area contributed by atoms with Gasteiger partial charge in [0.15, 0.2) is 9.84 Å². The van der Waals surface area contributed by atoms with E-state index in [-0.39, 0.29) is 29.1 Å². The average molecular weight is 529 g/mol.